The molecule has 0 heterocycles. The van der Waals surface area contributed by atoms with Gasteiger partial charge in [-0.1, -0.05) is 20.8 Å². The molecule has 1 unspecified atom stereocenters. The summed E-state index contributed by atoms with van der Waals surface area (Å²) in [6.45, 7) is 7.11. The number of hydrogen-bond donors (Lipinski definition) is 1. The number of rotatable bonds is 4. The second-order valence-corrected chi connectivity index (χ2v) is 3.43. The second kappa shape index (κ2) is 5.42. The van der Waals surface area contributed by atoms with Gasteiger partial charge in [-0.15, -0.1) is 11.6 Å². The topological polar surface area (TPSA) is 29.1 Å². The fourth-order valence-corrected chi connectivity index (χ4v) is 0.652. The molecule has 11 heavy (non-hydrogen) atoms. The SMILES string of the molecule is CC(C)C(C)CNC(=O)CCl. The predicted octanol–water partition coefficient (Wildman–Crippen LogP) is 1.63. The maximum atomic E-state index is 10.7. The molecule has 0 bridgehead atoms. The highest BCUT2D eigenvalue weighted by Crippen LogP contribution is 2.07. The van der Waals surface area contributed by atoms with Gasteiger partial charge in [-0.3, -0.25) is 4.79 Å². The summed E-state index contributed by atoms with van der Waals surface area (Å²) in [4.78, 5) is 10.7. The third-order valence-corrected chi connectivity index (χ3v) is 2.12. The van der Waals surface area contributed by atoms with Gasteiger partial charge in [-0.25, -0.2) is 0 Å². The molecule has 0 aromatic heterocycles. The summed E-state index contributed by atoms with van der Waals surface area (Å²) in [6, 6.07) is 0. The van der Waals surface area contributed by atoms with Crippen molar-refractivity contribution in [3.05, 3.63) is 0 Å². The summed E-state index contributed by atoms with van der Waals surface area (Å²) in [7, 11) is 0. The molecule has 0 saturated carbocycles. The molecule has 0 aromatic rings. The van der Waals surface area contributed by atoms with Crippen molar-refractivity contribution in [3.8, 4) is 0 Å². The molecule has 0 aliphatic rings. The lowest BCUT2D eigenvalue weighted by atomic mass is 9.98. The number of halogens is 1. The molecule has 0 spiro atoms. The monoisotopic (exact) mass is 177 g/mol. The largest absolute Gasteiger partial charge is 0.355 e. The van der Waals surface area contributed by atoms with E-state index in [0.29, 0.717) is 11.8 Å². The first-order valence-electron chi connectivity index (χ1n) is 3.90. The fourth-order valence-electron chi connectivity index (χ4n) is 0.558. The first-order valence-corrected chi connectivity index (χ1v) is 4.44. The van der Waals surface area contributed by atoms with Gasteiger partial charge >= 0.3 is 0 Å². The van der Waals surface area contributed by atoms with Crippen molar-refractivity contribution < 1.29 is 4.79 Å². The number of amides is 1. The van der Waals surface area contributed by atoms with Gasteiger partial charge < -0.3 is 5.32 Å². The third-order valence-electron chi connectivity index (χ3n) is 1.88. The average molecular weight is 178 g/mol. The first-order chi connectivity index (χ1) is 5.07. The van der Waals surface area contributed by atoms with E-state index in [1.54, 1.807) is 0 Å². The van der Waals surface area contributed by atoms with Crippen LogP contribution in [0.25, 0.3) is 0 Å². The molecule has 0 saturated heterocycles. The number of carbonyl (C=O) groups is 1. The van der Waals surface area contributed by atoms with E-state index in [-0.39, 0.29) is 11.8 Å². The van der Waals surface area contributed by atoms with Crippen LogP contribution < -0.4 is 5.32 Å². The molecule has 0 aliphatic carbocycles. The van der Waals surface area contributed by atoms with Crippen molar-refractivity contribution >= 4 is 17.5 Å². The maximum Gasteiger partial charge on any atom is 0.234 e. The van der Waals surface area contributed by atoms with Gasteiger partial charge in [0.15, 0.2) is 0 Å². The molecule has 0 radical (unpaired) electrons. The zero-order chi connectivity index (χ0) is 8.85. The summed E-state index contributed by atoms with van der Waals surface area (Å²) >= 11 is 5.30. The average Bonchev–Trinajstić information content (AvgIpc) is 1.99. The number of hydrogen-bond acceptors (Lipinski definition) is 1. The lowest BCUT2D eigenvalue weighted by Gasteiger charge is -2.15. The molecule has 0 aliphatic heterocycles. The zero-order valence-corrected chi connectivity index (χ0v) is 8.11. The van der Waals surface area contributed by atoms with E-state index in [2.05, 4.69) is 26.1 Å². The fraction of sp³-hybridized carbons (Fsp3) is 0.875. The number of alkyl halides is 1. The molecule has 66 valence electrons. The quantitative estimate of drug-likeness (QED) is 0.650. The van der Waals surface area contributed by atoms with Crippen molar-refractivity contribution in [2.24, 2.45) is 11.8 Å². The minimum absolute atomic E-state index is 0.0603. The van der Waals surface area contributed by atoms with Crippen LogP contribution in [0.3, 0.4) is 0 Å². The van der Waals surface area contributed by atoms with Gasteiger partial charge in [0.1, 0.15) is 5.88 Å². The highest BCUT2D eigenvalue weighted by Gasteiger charge is 2.07. The van der Waals surface area contributed by atoms with Crippen molar-refractivity contribution in [3.63, 3.8) is 0 Å². The second-order valence-electron chi connectivity index (χ2n) is 3.16. The Hall–Kier alpha value is -0.240. The van der Waals surface area contributed by atoms with Gasteiger partial charge in [0.2, 0.25) is 5.91 Å². The minimum Gasteiger partial charge on any atom is -0.355 e. The van der Waals surface area contributed by atoms with E-state index in [1.807, 2.05) is 0 Å². The normalized spacial score (nSPS) is 13.2. The van der Waals surface area contributed by atoms with E-state index >= 15 is 0 Å². The van der Waals surface area contributed by atoms with Crippen LogP contribution in [0.5, 0.6) is 0 Å². The smallest absolute Gasteiger partial charge is 0.234 e. The van der Waals surface area contributed by atoms with Crippen molar-refractivity contribution in [2.75, 3.05) is 12.4 Å². The molecule has 0 rings (SSSR count). The lowest BCUT2D eigenvalue weighted by Crippen LogP contribution is -2.30. The van der Waals surface area contributed by atoms with Crippen LogP contribution in [-0.4, -0.2) is 18.3 Å². The van der Waals surface area contributed by atoms with Crippen LogP contribution in [-0.2, 0) is 4.79 Å². The van der Waals surface area contributed by atoms with Gasteiger partial charge in [-0.2, -0.15) is 0 Å². The van der Waals surface area contributed by atoms with Crippen LogP contribution >= 0.6 is 11.6 Å². The zero-order valence-electron chi connectivity index (χ0n) is 7.36. The van der Waals surface area contributed by atoms with Crippen LogP contribution in [0.1, 0.15) is 20.8 Å². The highest BCUT2D eigenvalue weighted by molar-refractivity contribution is 6.27. The van der Waals surface area contributed by atoms with Crippen LogP contribution in [0.2, 0.25) is 0 Å². The summed E-state index contributed by atoms with van der Waals surface area (Å²) in [6.07, 6.45) is 0. The van der Waals surface area contributed by atoms with Gasteiger partial charge in [0.25, 0.3) is 0 Å². The Morgan fingerprint density at radius 2 is 2.00 bits per heavy atom. The van der Waals surface area contributed by atoms with E-state index in [0.717, 1.165) is 6.54 Å². The van der Waals surface area contributed by atoms with E-state index < -0.39 is 0 Å². The summed E-state index contributed by atoms with van der Waals surface area (Å²) in [5.41, 5.74) is 0. The third kappa shape index (κ3) is 5.08. The minimum atomic E-state index is -0.0841. The Balaban J connectivity index is 3.45. The first kappa shape index (κ1) is 10.8. The van der Waals surface area contributed by atoms with Crippen molar-refractivity contribution in [2.45, 2.75) is 20.8 Å². The van der Waals surface area contributed by atoms with E-state index in [1.165, 1.54) is 0 Å². The molecule has 1 N–H and O–H groups in total. The molecule has 2 nitrogen and oxygen atoms in total. The summed E-state index contributed by atoms with van der Waals surface area (Å²) < 4.78 is 0. The Morgan fingerprint density at radius 1 is 1.45 bits per heavy atom. The van der Waals surface area contributed by atoms with Crippen molar-refractivity contribution in [1.82, 2.24) is 5.32 Å². The Bertz CT molecular complexity index is 125. The molecule has 1 atom stereocenters. The molecule has 3 heteroatoms. The molecule has 0 aromatic carbocycles. The van der Waals surface area contributed by atoms with E-state index in [4.69, 9.17) is 11.6 Å². The standard InChI is InChI=1S/C8H16ClNO/c1-6(2)7(3)5-10-8(11)4-9/h6-7H,4-5H2,1-3H3,(H,10,11). The highest BCUT2D eigenvalue weighted by atomic mass is 35.5. The Kier molecular flexibility index (Phi) is 5.30. The number of carbonyl (C=O) groups excluding carboxylic acids is 1. The summed E-state index contributed by atoms with van der Waals surface area (Å²) in [5.74, 6) is 1.09. The molecule has 0 fully saturated rings. The molecule has 1 amide bonds. The lowest BCUT2D eigenvalue weighted by molar-refractivity contribution is -0.118. The Labute approximate surface area is 73.3 Å². The Morgan fingerprint density at radius 3 is 2.36 bits per heavy atom. The van der Waals surface area contributed by atoms with Crippen molar-refractivity contribution in [1.29, 1.82) is 0 Å². The maximum absolute atomic E-state index is 10.7. The van der Waals surface area contributed by atoms with Crippen LogP contribution in [0.15, 0.2) is 0 Å². The van der Waals surface area contributed by atoms with Crippen LogP contribution in [0, 0.1) is 11.8 Å². The van der Waals surface area contributed by atoms with Crippen LogP contribution in [0.4, 0.5) is 0 Å². The van der Waals surface area contributed by atoms with Gasteiger partial charge in [0.05, 0.1) is 0 Å². The predicted molar refractivity (Wildman–Crippen MR) is 47.7 cm³/mol. The number of nitrogens with one attached hydrogen (secondary N) is 1. The molecular weight excluding hydrogens is 162 g/mol. The molecular formula is C8H16ClNO. The van der Waals surface area contributed by atoms with Gasteiger partial charge in [0, 0.05) is 6.54 Å². The summed E-state index contributed by atoms with van der Waals surface area (Å²) in [5, 5.41) is 2.74. The van der Waals surface area contributed by atoms with Gasteiger partial charge in [-0.05, 0) is 11.8 Å². The van der Waals surface area contributed by atoms with E-state index in [9.17, 15) is 4.79 Å².